The second kappa shape index (κ2) is 10.4. The number of amides is 1. The molecule has 1 amide bonds. The van der Waals surface area contributed by atoms with Crippen LogP contribution in [0, 0.1) is 11.6 Å². The predicted molar refractivity (Wildman–Crippen MR) is 154 cm³/mol. The van der Waals surface area contributed by atoms with Gasteiger partial charge in [-0.3, -0.25) is 19.3 Å². The summed E-state index contributed by atoms with van der Waals surface area (Å²) in [6.07, 6.45) is 1.01. The summed E-state index contributed by atoms with van der Waals surface area (Å²) in [7, 11) is 0. The lowest BCUT2D eigenvalue weighted by atomic mass is 9.91. The van der Waals surface area contributed by atoms with Crippen molar-refractivity contribution in [2.45, 2.75) is 31.5 Å². The smallest absolute Gasteiger partial charge is 0.336 e. The molecule has 5 aliphatic heterocycles. The lowest BCUT2D eigenvalue weighted by Gasteiger charge is -2.51. The van der Waals surface area contributed by atoms with Gasteiger partial charge in [0.05, 0.1) is 32.5 Å². The SMILES string of the molecule is CC1=CC(Oc2c3n(ccc2=O)N([C@@H]2c4ccccc4N4CCOCC4c4c2ccc(F)c4F)[C@@H]2COCCN2C3=O)OC1=O. The highest BCUT2D eigenvalue weighted by Crippen LogP contribution is 2.48. The number of carbonyl (C=O) groups is 2. The van der Waals surface area contributed by atoms with Crippen LogP contribution >= 0.6 is 0 Å². The average Bonchev–Trinajstić information content (AvgIpc) is 3.31. The van der Waals surface area contributed by atoms with Gasteiger partial charge in [0.15, 0.2) is 17.3 Å². The summed E-state index contributed by atoms with van der Waals surface area (Å²) >= 11 is 0. The molecule has 11 nitrogen and oxygen atoms in total. The Hall–Kier alpha value is -4.75. The Morgan fingerprint density at radius 2 is 1.69 bits per heavy atom. The number of aromatic nitrogens is 1. The van der Waals surface area contributed by atoms with Crippen molar-refractivity contribution in [1.29, 1.82) is 0 Å². The molecular weight excluding hydrogens is 590 g/mol. The Balaban J connectivity index is 1.39. The van der Waals surface area contributed by atoms with Crippen LogP contribution in [0.3, 0.4) is 0 Å². The van der Waals surface area contributed by atoms with Gasteiger partial charge in [-0.15, -0.1) is 0 Å². The van der Waals surface area contributed by atoms with E-state index < -0.39 is 53.5 Å². The number of halogens is 2. The Labute approximate surface area is 255 Å². The Morgan fingerprint density at radius 3 is 2.49 bits per heavy atom. The minimum absolute atomic E-state index is 0.0819. The van der Waals surface area contributed by atoms with Crippen LogP contribution in [0.5, 0.6) is 5.75 Å². The fourth-order valence-corrected chi connectivity index (χ4v) is 7.03. The lowest BCUT2D eigenvalue weighted by molar-refractivity contribution is -0.148. The van der Waals surface area contributed by atoms with Crippen LogP contribution in [0.2, 0.25) is 0 Å². The molecule has 6 heterocycles. The highest BCUT2D eigenvalue weighted by Gasteiger charge is 2.48. The van der Waals surface area contributed by atoms with E-state index in [2.05, 4.69) is 0 Å². The third-order valence-corrected chi connectivity index (χ3v) is 9.05. The Bertz CT molecular complexity index is 1840. The molecule has 0 aliphatic carbocycles. The number of rotatable bonds is 3. The Morgan fingerprint density at radius 1 is 0.911 bits per heavy atom. The van der Waals surface area contributed by atoms with E-state index in [4.69, 9.17) is 18.9 Å². The maximum Gasteiger partial charge on any atom is 0.336 e. The van der Waals surface area contributed by atoms with Crippen molar-refractivity contribution < 1.29 is 37.3 Å². The first-order chi connectivity index (χ1) is 21.8. The van der Waals surface area contributed by atoms with Gasteiger partial charge in [-0.25, -0.2) is 13.6 Å². The zero-order chi connectivity index (χ0) is 31.0. The maximum absolute atomic E-state index is 16.0. The number of pyridine rings is 1. The summed E-state index contributed by atoms with van der Waals surface area (Å²) in [5.74, 6) is -3.30. The number of morpholine rings is 2. The van der Waals surface area contributed by atoms with Gasteiger partial charge in [0, 0.05) is 53.8 Å². The van der Waals surface area contributed by atoms with Gasteiger partial charge in [0.2, 0.25) is 11.2 Å². The average molecular weight is 619 g/mol. The number of esters is 1. The molecule has 0 spiro atoms. The second-order valence-corrected chi connectivity index (χ2v) is 11.5. The predicted octanol–water partition coefficient (Wildman–Crippen LogP) is 2.77. The van der Waals surface area contributed by atoms with Crippen LogP contribution < -0.4 is 20.1 Å². The number of para-hydroxylation sites is 1. The normalized spacial score (nSPS) is 25.3. The highest BCUT2D eigenvalue weighted by molar-refractivity contribution is 5.97. The van der Waals surface area contributed by atoms with Crippen LogP contribution in [0.15, 0.2) is 65.1 Å². The van der Waals surface area contributed by atoms with Crippen LogP contribution in [-0.4, -0.2) is 73.4 Å². The van der Waals surface area contributed by atoms with Gasteiger partial charge in [-0.05, 0) is 24.6 Å². The monoisotopic (exact) mass is 618 g/mol. The summed E-state index contributed by atoms with van der Waals surface area (Å²) in [6.45, 7) is 3.16. The standard InChI is InChI=1S/C32H28F2N4O7/c1-17-14-25(45-32(17)41)44-30-23(39)8-9-37-29(30)31(40)36-11-13-43-16-24(36)38(37)28-18-4-2-3-5-21(18)35-10-12-42-15-22(35)26-19(28)6-7-20(33)27(26)34/h2-9,14,22,24-25,28H,10-13,15-16H2,1H3/t22?,24-,25?,28-/m1/s1. The quantitative estimate of drug-likeness (QED) is 0.410. The molecule has 0 saturated carbocycles. The molecule has 13 heteroatoms. The molecular formula is C32H28F2N4O7. The fraction of sp³-hybridized carbons (Fsp3) is 0.344. The molecule has 2 saturated heterocycles. The molecule has 5 aliphatic rings. The first-order valence-corrected chi connectivity index (χ1v) is 14.7. The van der Waals surface area contributed by atoms with Gasteiger partial charge in [0.25, 0.3) is 12.2 Å². The third kappa shape index (κ3) is 4.17. The van der Waals surface area contributed by atoms with Crippen molar-refractivity contribution in [3.63, 3.8) is 0 Å². The van der Waals surface area contributed by atoms with Gasteiger partial charge < -0.3 is 28.7 Å². The summed E-state index contributed by atoms with van der Waals surface area (Å²) in [5, 5.41) is 1.86. The zero-order valence-corrected chi connectivity index (χ0v) is 24.2. The van der Waals surface area contributed by atoms with E-state index in [1.54, 1.807) is 17.9 Å². The van der Waals surface area contributed by atoms with E-state index in [0.717, 1.165) is 17.3 Å². The van der Waals surface area contributed by atoms with Crippen molar-refractivity contribution in [3.8, 4) is 5.75 Å². The topological polar surface area (TPSA) is 103 Å². The number of hydrogen-bond donors (Lipinski definition) is 0. The lowest BCUT2D eigenvalue weighted by Crippen LogP contribution is -2.66. The van der Waals surface area contributed by atoms with Crippen molar-refractivity contribution in [2.75, 3.05) is 49.4 Å². The molecule has 3 aromatic rings. The second-order valence-electron chi connectivity index (χ2n) is 11.5. The van der Waals surface area contributed by atoms with E-state index in [1.165, 1.54) is 23.0 Å². The molecule has 4 atom stereocenters. The number of nitrogens with zero attached hydrogens (tertiary/aromatic N) is 4. The van der Waals surface area contributed by atoms with E-state index in [9.17, 15) is 18.8 Å². The molecule has 2 unspecified atom stereocenters. The molecule has 0 bridgehead atoms. The van der Waals surface area contributed by atoms with E-state index in [0.29, 0.717) is 24.3 Å². The Kier molecular flexibility index (Phi) is 6.43. The first-order valence-electron chi connectivity index (χ1n) is 14.7. The van der Waals surface area contributed by atoms with E-state index in [-0.39, 0.29) is 43.4 Å². The molecule has 45 heavy (non-hydrogen) atoms. The molecule has 2 aromatic carbocycles. The minimum atomic E-state index is -1.20. The number of carbonyl (C=O) groups excluding carboxylic acids is 2. The van der Waals surface area contributed by atoms with Gasteiger partial charge in [-0.2, -0.15) is 0 Å². The van der Waals surface area contributed by atoms with Crippen molar-refractivity contribution in [2.24, 2.45) is 0 Å². The molecule has 232 valence electrons. The number of hydrogen-bond acceptors (Lipinski definition) is 9. The van der Waals surface area contributed by atoms with Gasteiger partial charge >= 0.3 is 5.97 Å². The van der Waals surface area contributed by atoms with Crippen LogP contribution in [0.1, 0.15) is 46.2 Å². The number of benzene rings is 2. The molecule has 8 rings (SSSR count). The number of ether oxygens (including phenoxy) is 4. The van der Waals surface area contributed by atoms with E-state index in [1.807, 2.05) is 34.2 Å². The van der Waals surface area contributed by atoms with E-state index >= 15 is 4.39 Å². The highest BCUT2D eigenvalue weighted by atomic mass is 19.2. The largest absolute Gasteiger partial charge is 0.444 e. The van der Waals surface area contributed by atoms with Gasteiger partial charge in [0.1, 0.15) is 12.2 Å². The molecule has 0 N–H and O–H groups in total. The van der Waals surface area contributed by atoms with Crippen molar-refractivity contribution >= 4 is 17.6 Å². The maximum atomic E-state index is 16.0. The number of fused-ring (bicyclic) bond motifs is 7. The number of cyclic esters (lactones) is 1. The van der Waals surface area contributed by atoms with Crippen LogP contribution in [0.4, 0.5) is 14.5 Å². The summed E-state index contributed by atoms with van der Waals surface area (Å²) < 4.78 is 55.4. The zero-order valence-electron chi connectivity index (χ0n) is 24.2. The van der Waals surface area contributed by atoms with Crippen LogP contribution in [0.25, 0.3) is 0 Å². The summed E-state index contributed by atoms with van der Waals surface area (Å²) in [6, 6.07) is 10.2. The van der Waals surface area contributed by atoms with Crippen molar-refractivity contribution in [3.05, 3.63) is 105 Å². The summed E-state index contributed by atoms with van der Waals surface area (Å²) in [5.41, 5.74) is 1.88. The number of anilines is 1. The third-order valence-electron chi connectivity index (χ3n) is 9.05. The first kappa shape index (κ1) is 27.8. The minimum Gasteiger partial charge on any atom is -0.444 e. The van der Waals surface area contributed by atoms with Gasteiger partial charge in [-0.1, -0.05) is 24.3 Å². The fourth-order valence-electron chi connectivity index (χ4n) is 7.03. The van der Waals surface area contributed by atoms with Crippen LogP contribution in [-0.2, 0) is 19.0 Å². The molecule has 2 fully saturated rings. The molecule has 1 aromatic heterocycles. The summed E-state index contributed by atoms with van der Waals surface area (Å²) in [4.78, 5) is 43.2. The van der Waals surface area contributed by atoms with Crippen molar-refractivity contribution in [1.82, 2.24) is 9.58 Å². The molecule has 0 radical (unpaired) electrons.